The van der Waals surface area contributed by atoms with Crippen molar-refractivity contribution in [2.24, 2.45) is 7.05 Å². The molecule has 0 fully saturated rings. The number of thiophene rings is 1. The Morgan fingerprint density at radius 3 is 3.06 bits per heavy atom. The molecule has 0 N–H and O–H groups in total. The lowest BCUT2D eigenvalue weighted by atomic mass is 9.91. The first-order chi connectivity index (χ1) is 7.74. The van der Waals surface area contributed by atoms with Gasteiger partial charge in [0.25, 0.3) is 0 Å². The molecule has 4 heteroatoms. The lowest BCUT2D eigenvalue weighted by molar-refractivity contribution is 0.299. The Bertz CT molecular complexity index is 500. The van der Waals surface area contributed by atoms with Gasteiger partial charge in [0.2, 0.25) is 0 Å². The molecule has 0 radical (unpaired) electrons. The monoisotopic (exact) mass is 233 g/mol. The van der Waals surface area contributed by atoms with E-state index >= 15 is 0 Å². The van der Waals surface area contributed by atoms with Crippen LogP contribution < -0.4 is 0 Å². The first-order valence-electron chi connectivity index (χ1n) is 5.47. The smallest absolute Gasteiger partial charge is 0.0528 e. The lowest BCUT2D eigenvalue weighted by Gasteiger charge is -2.29. The summed E-state index contributed by atoms with van der Waals surface area (Å²) in [5.41, 5.74) is 2.82. The van der Waals surface area contributed by atoms with E-state index in [-0.39, 0.29) is 0 Å². The minimum Gasteiger partial charge on any atom is -0.300 e. The molecule has 84 valence electrons. The second kappa shape index (κ2) is 3.71. The maximum Gasteiger partial charge on any atom is 0.0528 e. The van der Waals surface area contributed by atoms with Crippen LogP contribution in [0, 0.1) is 0 Å². The van der Waals surface area contributed by atoms with Crippen molar-refractivity contribution in [1.82, 2.24) is 14.7 Å². The summed E-state index contributed by atoms with van der Waals surface area (Å²) in [6.07, 6.45) is 4.12. The van der Waals surface area contributed by atoms with Crippen LogP contribution >= 0.6 is 11.3 Å². The van der Waals surface area contributed by atoms with Crippen LogP contribution in [0.1, 0.15) is 21.9 Å². The Balaban J connectivity index is 2.03. The summed E-state index contributed by atoms with van der Waals surface area (Å²) < 4.78 is 1.88. The van der Waals surface area contributed by atoms with E-state index in [4.69, 9.17) is 0 Å². The molecule has 0 saturated carbocycles. The fourth-order valence-corrected chi connectivity index (χ4v) is 3.43. The van der Waals surface area contributed by atoms with Crippen LogP contribution in [0.4, 0.5) is 0 Å². The number of rotatable bonds is 1. The molecule has 1 unspecified atom stereocenters. The van der Waals surface area contributed by atoms with E-state index in [9.17, 15) is 0 Å². The van der Waals surface area contributed by atoms with Crippen LogP contribution in [-0.4, -0.2) is 28.3 Å². The molecule has 3 heterocycles. The molecule has 3 nitrogen and oxygen atoms in total. The summed E-state index contributed by atoms with van der Waals surface area (Å²) >= 11 is 1.87. The van der Waals surface area contributed by atoms with Crippen LogP contribution in [0.5, 0.6) is 0 Å². The van der Waals surface area contributed by atoms with Crippen molar-refractivity contribution in [2.45, 2.75) is 12.5 Å². The molecule has 0 amide bonds. The fourth-order valence-electron chi connectivity index (χ4n) is 2.41. The Kier molecular flexibility index (Phi) is 2.33. The molecule has 2 aromatic rings. The summed E-state index contributed by atoms with van der Waals surface area (Å²) in [6.45, 7) is 2.18. The minimum atomic E-state index is 0.494. The average Bonchev–Trinajstić information content (AvgIpc) is 2.84. The van der Waals surface area contributed by atoms with Crippen molar-refractivity contribution in [2.75, 3.05) is 13.6 Å². The van der Waals surface area contributed by atoms with Crippen LogP contribution in [0.15, 0.2) is 23.8 Å². The van der Waals surface area contributed by atoms with Crippen LogP contribution in [0.2, 0.25) is 0 Å². The molecule has 1 atom stereocenters. The van der Waals surface area contributed by atoms with Gasteiger partial charge in [-0.05, 0) is 29.6 Å². The quantitative estimate of drug-likeness (QED) is 0.752. The Morgan fingerprint density at radius 2 is 2.31 bits per heavy atom. The fraction of sp³-hybridized carbons (Fsp3) is 0.417. The highest BCUT2D eigenvalue weighted by Gasteiger charge is 2.26. The van der Waals surface area contributed by atoms with Crippen molar-refractivity contribution in [3.05, 3.63) is 39.8 Å². The Labute approximate surface area is 99.3 Å². The van der Waals surface area contributed by atoms with Gasteiger partial charge < -0.3 is 4.90 Å². The van der Waals surface area contributed by atoms with Gasteiger partial charge in [0.1, 0.15) is 0 Å². The van der Waals surface area contributed by atoms with Crippen molar-refractivity contribution < 1.29 is 0 Å². The SMILES string of the molecule is CN1Cc2sccc2C(c2cnn(C)c2)C1. The molecule has 0 bridgehead atoms. The van der Waals surface area contributed by atoms with Crippen LogP contribution in [0.3, 0.4) is 0 Å². The van der Waals surface area contributed by atoms with Gasteiger partial charge in [0, 0.05) is 37.1 Å². The van der Waals surface area contributed by atoms with E-state index < -0.39 is 0 Å². The highest BCUT2D eigenvalue weighted by Crippen LogP contribution is 2.35. The number of likely N-dealkylation sites (N-methyl/N-ethyl adjacent to an activating group) is 1. The topological polar surface area (TPSA) is 21.1 Å². The molecule has 0 aliphatic carbocycles. The van der Waals surface area contributed by atoms with Gasteiger partial charge >= 0.3 is 0 Å². The third-order valence-corrected chi connectivity index (χ3v) is 4.11. The van der Waals surface area contributed by atoms with Gasteiger partial charge in [0.15, 0.2) is 0 Å². The second-order valence-electron chi connectivity index (χ2n) is 4.50. The van der Waals surface area contributed by atoms with Crippen LogP contribution in [0.25, 0.3) is 0 Å². The molecule has 0 aromatic carbocycles. The lowest BCUT2D eigenvalue weighted by Crippen LogP contribution is -2.29. The summed E-state index contributed by atoms with van der Waals surface area (Å²) in [5, 5.41) is 6.48. The molecule has 2 aromatic heterocycles. The molecular weight excluding hydrogens is 218 g/mol. The first kappa shape index (κ1) is 10.1. The van der Waals surface area contributed by atoms with Gasteiger partial charge in [0.05, 0.1) is 6.20 Å². The van der Waals surface area contributed by atoms with Gasteiger partial charge in [-0.15, -0.1) is 11.3 Å². The maximum atomic E-state index is 4.28. The minimum absolute atomic E-state index is 0.494. The number of aromatic nitrogens is 2. The standard InChI is InChI=1S/C12H15N3S/c1-14-7-11(9-5-13-15(2)6-9)10-3-4-16-12(10)8-14/h3-6,11H,7-8H2,1-2H3. The number of hydrogen-bond donors (Lipinski definition) is 0. The zero-order valence-corrected chi connectivity index (χ0v) is 10.4. The van der Waals surface area contributed by atoms with Gasteiger partial charge in [-0.1, -0.05) is 0 Å². The summed E-state index contributed by atoms with van der Waals surface area (Å²) in [7, 11) is 4.16. The average molecular weight is 233 g/mol. The Morgan fingerprint density at radius 1 is 1.44 bits per heavy atom. The van der Waals surface area contributed by atoms with E-state index in [0.29, 0.717) is 5.92 Å². The van der Waals surface area contributed by atoms with Gasteiger partial charge in [-0.25, -0.2) is 0 Å². The van der Waals surface area contributed by atoms with Crippen molar-refractivity contribution in [3.8, 4) is 0 Å². The van der Waals surface area contributed by atoms with Gasteiger partial charge in [-0.3, -0.25) is 4.68 Å². The Hall–Kier alpha value is -1.13. The summed E-state index contributed by atoms with van der Waals surface area (Å²) in [4.78, 5) is 3.89. The predicted molar refractivity (Wildman–Crippen MR) is 65.7 cm³/mol. The van der Waals surface area contributed by atoms with E-state index in [2.05, 4.69) is 34.7 Å². The van der Waals surface area contributed by atoms with Crippen molar-refractivity contribution in [3.63, 3.8) is 0 Å². The summed E-state index contributed by atoms with van der Waals surface area (Å²) in [5.74, 6) is 0.494. The zero-order chi connectivity index (χ0) is 11.1. The molecule has 1 aliphatic rings. The molecule has 3 rings (SSSR count). The molecular formula is C12H15N3S. The van der Waals surface area contributed by atoms with Crippen molar-refractivity contribution in [1.29, 1.82) is 0 Å². The van der Waals surface area contributed by atoms with Crippen LogP contribution in [-0.2, 0) is 13.6 Å². The maximum absolute atomic E-state index is 4.28. The number of nitrogens with zero attached hydrogens (tertiary/aromatic N) is 3. The van der Waals surface area contributed by atoms with E-state index in [1.54, 1.807) is 0 Å². The van der Waals surface area contributed by atoms with Gasteiger partial charge in [-0.2, -0.15) is 5.10 Å². The normalized spacial score (nSPS) is 21.0. The van der Waals surface area contributed by atoms with E-state index in [1.165, 1.54) is 16.0 Å². The predicted octanol–water partition coefficient (Wildman–Crippen LogP) is 2.06. The number of aryl methyl sites for hydroxylation is 1. The third-order valence-electron chi connectivity index (χ3n) is 3.19. The molecule has 0 spiro atoms. The van der Waals surface area contributed by atoms with Crippen molar-refractivity contribution >= 4 is 11.3 Å². The molecule has 16 heavy (non-hydrogen) atoms. The number of hydrogen-bond acceptors (Lipinski definition) is 3. The van der Waals surface area contributed by atoms with E-state index in [1.807, 2.05) is 29.3 Å². The highest BCUT2D eigenvalue weighted by atomic mass is 32.1. The second-order valence-corrected chi connectivity index (χ2v) is 5.50. The first-order valence-corrected chi connectivity index (χ1v) is 6.35. The largest absolute Gasteiger partial charge is 0.300 e. The number of fused-ring (bicyclic) bond motifs is 1. The zero-order valence-electron chi connectivity index (χ0n) is 9.55. The summed E-state index contributed by atoms with van der Waals surface area (Å²) in [6, 6.07) is 2.27. The third kappa shape index (κ3) is 1.58. The molecule has 1 aliphatic heterocycles. The van der Waals surface area contributed by atoms with E-state index in [0.717, 1.165) is 13.1 Å². The molecule has 0 saturated heterocycles. The highest BCUT2D eigenvalue weighted by molar-refractivity contribution is 7.10.